The quantitative estimate of drug-likeness (QED) is 0.582. The minimum absolute atomic E-state index is 0.220. The highest BCUT2D eigenvalue weighted by Crippen LogP contribution is 2.12. The van der Waals surface area contributed by atoms with Gasteiger partial charge in [0.1, 0.15) is 0 Å². The summed E-state index contributed by atoms with van der Waals surface area (Å²) in [7, 11) is 1.69. The van der Waals surface area contributed by atoms with Crippen LogP contribution in [-0.4, -0.2) is 38.1 Å². The summed E-state index contributed by atoms with van der Waals surface area (Å²) >= 11 is 0. The van der Waals surface area contributed by atoms with Crippen LogP contribution in [0.5, 0.6) is 0 Å². The number of ether oxygens (including phenoxy) is 2. The predicted octanol–water partition coefficient (Wildman–Crippen LogP) is 1.84. The van der Waals surface area contributed by atoms with Gasteiger partial charge in [-0.25, -0.2) is 0 Å². The van der Waals surface area contributed by atoms with Gasteiger partial charge in [0, 0.05) is 26.9 Å². The minimum atomic E-state index is -0.220. The maximum absolute atomic E-state index is 9.38. The van der Waals surface area contributed by atoms with Crippen molar-refractivity contribution in [2.45, 2.75) is 39.2 Å². The van der Waals surface area contributed by atoms with Crippen LogP contribution in [0, 0.1) is 5.92 Å². The molecule has 2 atom stereocenters. The summed E-state index contributed by atoms with van der Waals surface area (Å²) in [6, 6.07) is 0. The molecule has 3 heteroatoms. The highest BCUT2D eigenvalue weighted by molar-refractivity contribution is 4.62. The van der Waals surface area contributed by atoms with Gasteiger partial charge in [0.25, 0.3) is 0 Å². The lowest BCUT2D eigenvalue weighted by molar-refractivity contribution is 0.0637. The van der Waals surface area contributed by atoms with Crippen LogP contribution in [0.15, 0.2) is 0 Å². The number of rotatable bonds is 9. The van der Waals surface area contributed by atoms with Crippen molar-refractivity contribution in [2.24, 2.45) is 5.92 Å². The number of aliphatic hydroxyl groups excluding tert-OH is 1. The lowest BCUT2D eigenvalue weighted by Gasteiger charge is -2.17. The predicted molar refractivity (Wildman–Crippen MR) is 57.4 cm³/mol. The van der Waals surface area contributed by atoms with Crippen molar-refractivity contribution in [2.75, 3.05) is 26.9 Å². The third kappa shape index (κ3) is 7.30. The van der Waals surface area contributed by atoms with Gasteiger partial charge < -0.3 is 14.6 Å². The summed E-state index contributed by atoms with van der Waals surface area (Å²) in [5.74, 6) is 0.373. The van der Waals surface area contributed by atoms with E-state index in [9.17, 15) is 5.11 Å². The van der Waals surface area contributed by atoms with E-state index in [1.165, 1.54) is 0 Å². The van der Waals surface area contributed by atoms with Gasteiger partial charge in [0.2, 0.25) is 0 Å². The molecular formula is C11H24O3. The van der Waals surface area contributed by atoms with Crippen molar-refractivity contribution in [1.82, 2.24) is 0 Å². The molecular weight excluding hydrogens is 180 g/mol. The smallest absolute Gasteiger partial charge is 0.0541 e. The number of methoxy groups -OCH3 is 1. The van der Waals surface area contributed by atoms with Crippen LogP contribution in [0.4, 0.5) is 0 Å². The molecule has 0 saturated heterocycles. The van der Waals surface area contributed by atoms with Crippen molar-refractivity contribution in [3.63, 3.8) is 0 Å². The molecule has 0 aliphatic rings. The molecule has 0 amide bonds. The average molecular weight is 204 g/mol. The van der Waals surface area contributed by atoms with Gasteiger partial charge in [-0.2, -0.15) is 0 Å². The Kier molecular flexibility index (Phi) is 9.35. The maximum Gasteiger partial charge on any atom is 0.0541 e. The Balaban J connectivity index is 3.25. The Hall–Kier alpha value is -0.120. The Morgan fingerprint density at radius 2 is 1.93 bits per heavy atom. The third-order valence-electron chi connectivity index (χ3n) is 2.48. The molecule has 0 aliphatic heterocycles. The molecule has 0 heterocycles. The average Bonchev–Trinajstić information content (AvgIpc) is 2.16. The summed E-state index contributed by atoms with van der Waals surface area (Å²) in [4.78, 5) is 0. The highest BCUT2D eigenvalue weighted by atomic mass is 16.5. The normalized spacial score (nSPS) is 15.4. The zero-order valence-electron chi connectivity index (χ0n) is 9.66. The van der Waals surface area contributed by atoms with Crippen molar-refractivity contribution >= 4 is 0 Å². The molecule has 1 N–H and O–H groups in total. The van der Waals surface area contributed by atoms with E-state index in [-0.39, 0.29) is 6.10 Å². The van der Waals surface area contributed by atoms with Crippen molar-refractivity contribution in [3.8, 4) is 0 Å². The molecule has 0 aromatic carbocycles. The summed E-state index contributed by atoms with van der Waals surface area (Å²) in [5, 5.41) is 9.38. The fourth-order valence-electron chi connectivity index (χ4n) is 1.43. The van der Waals surface area contributed by atoms with Gasteiger partial charge in [0.05, 0.1) is 6.10 Å². The van der Waals surface area contributed by atoms with Gasteiger partial charge in [-0.15, -0.1) is 0 Å². The van der Waals surface area contributed by atoms with Crippen LogP contribution in [0.25, 0.3) is 0 Å². The van der Waals surface area contributed by atoms with Crippen LogP contribution >= 0.6 is 0 Å². The molecule has 0 aliphatic carbocycles. The largest absolute Gasteiger partial charge is 0.393 e. The van der Waals surface area contributed by atoms with Gasteiger partial charge >= 0.3 is 0 Å². The van der Waals surface area contributed by atoms with Crippen LogP contribution < -0.4 is 0 Å². The van der Waals surface area contributed by atoms with Gasteiger partial charge in [-0.05, 0) is 25.7 Å². The lowest BCUT2D eigenvalue weighted by atomic mass is 9.97. The van der Waals surface area contributed by atoms with Crippen molar-refractivity contribution in [1.29, 1.82) is 0 Å². The monoisotopic (exact) mass is 204 g/mol. The first-order valence-corrected chi connectivity index (χ1v) is 5.47. The zero-order valence-corrected chi connectivity index (χ0v) is 9.66. The molecule has 0 radical (unpaired) electrons. The topological polar surface area (TPSA) is 38.7 Å². The van der Waals surface area contributed by atoms with E-state index in [2.05, 4.69) is 6.92 Å². The second-order valence-corrected chi connectivity index (χ2v) is 3.66. The Bertz CT molecular complexity index is 115. The first-order valence-electron chi connectivity index (χ1n) is 5.47. The Morgan fingerprint density at radius 3 is 2.43 bits per heavy atom. The fraction of sp³-hybridized carbons (Fsp3) is 1.00. The number of hydrogen-bond acceptors (Lipinski definition) is 3. The molecule has 2 unspecified atom stereocenters. The first kappa shape index (κ1) is 13.9. The number of hydrogen-bond donors (Lipinski definition) is 1. The van der Waals surface area contributed by atoms with E-state index in [0.717, 1.165) is 39.1 Å². The Labute approximate surface area is 87.4 Å². The summed E-state index contributed by atoms with van der Waals surface area (Å²) in [6.45, 7) is 6.20. The van der Waals surface area contributed by atoms with E-state index < -0.39 is 0 Å². The molecule has 0 bridgehead atoms. The second kappa shape index (κ2) is 9.44. The van der Waals surface area contributed by atoms with Gasteiger partial charge in [-0.3, -0.25) is 0 Å². The minimum Gasteiger partial charge on any atom is -0.393 e. The van der Waals surface area contributed by atoms with E-state index in [0.29, 0.717) is 5.92 Å². The van der Waals surface area contributed by atoms with E-state index in [4.69, 9.17) is 9.47 Å². The zero-order chi connectivity index (χ0) is 10.8. The fourth-order valence-corrected chi connectivity index (χ4v) is 1.43. The molecule has 0 saturated carbocycles. The number of aliphatic hydroxyl groups is 1. The van der Waals surface area contributed by atoms with Crippen molar-refractivity contribution < 1.29 is 14.6 Å². The summed E-state index contributed by atoms with van der Waals surface area (Å²) < 4.78 is 10.3. The van der Waals surface area contributed by atoms with Gasteiger partial charge in [-0.1, -0.05) is 13.3 Å². The van der Waals surface area contributed by atoms with E-state index in [1.807, 2.05) is 6.92 Å². The second-order valence-electron chi connectivity index (χ2n) is 3.66. The van der Waals surface area contributed by atoms with Crippen LogP contribution in [-0.2, 0) is 9.47 Å². The van der Waals surface area contributed by atoms with Crippen LogP contribution in [0.3, 0.4) is 0 Å². The maximum atomic E-state index is 9.38. The molecule has 86 valence electrons. The molecule has 0 aromatic heterocycles. The standard InChI is InChI=1S/C11H24O3/c1-4-11(10(2)12)6-9-14-8-5-7-13-3/h10-12H,4-9H2,1-3H3. The molecule has 3 nitrogen and oxygen atoms in total. The molecule has 0 fully saturated rings. The lowest BCUT2D eigenvalue weighted by Crippen LogP contribution is -2.18. The summed E-state index contributed by atoms with van der Waals surface area (Å²) in [6.07, 6.45) is 2.69. The van der Waals surface area contributed by atoms with E-state index in [1.54, 1.807) is 7.11 Å². The molecule has 0 rings (SSSR count). The van der Waals surface area contributed by atoms with Crippen LogP contribution in [0.1, 0.15) is 33.1 Å². The van der Waals surface area contributed by atoms with Crippen molar-refractivity contribution in [3.05, 3.63) is 0 Å². The molecule has 14 heavy (non-hydrogen) atoms. The summed E-state index contributed by atoms with van der Waals surface area (Å²) in [5.41, 5.74) is 0. The third-order valence-corrected chi connectivity index (χ3v) is 2.48. The van der Waals surface area contributed by atoms with Gasteiger partial charge in [0.15, 0.2) is 0 Å². The Morgan fingerprint density at radius 1 is 1.21 bits per heavy atom. The van der Waals surface area contributed by atoms with Crippen LogP contribution in [0.2, 0.25) is 0 Å². The molecule has 0 spiro atoms. The highest BCUT2D eigenvalue weighted by Gasteiger charge is 2.11. The first-order chi connectivity index (χ1) is 6.72. The molecule has 0 aromatic rings. The SMILES string of the molecule is CCC(CCOCCCOC)C(C)O. The van der Waals surface area contributed by atoms with E-state index >= 15 is 0 Å².